The minimum atomic E-state index is -0.0950. The van der Waals surface area contributed by atoms with E-state index < -0.39 is 0 Å². The van der Waals surface area contributed by atoms with Crippen molar-refractivity contribution in [3.63, 3.8) is 0 Å². The van der Waals surface area contributed by atoms with Crippen molar-refractivity contribution in [3.05, 3.63) is 59.5 Å². The number of hydrogen-bond donors (Lipinski definition) is 1. The van der Waals surface area contributed by atoms with Crippen molar-refractivity contribution in [2.24, 2.45) is 5.73 Å². The summed E-state index contributed by atoms with van der Waals surface area (Å²) in [4.78, 5) is 2.37. The van der Waals surface area contributed by atoms with Gasteiger partial charge >= 0.3 is 0 Å². The molecule has 3 heterocycles. The Kier molecular flexibility index (Phi) is 4.14. The normalized spacial score (nSPS) is 27.8. The average Bonchev–Trinajstić information content (AvgIpc) is 3.28. The van der Waals surface area contributed by atoms with E-state index in [0.29, 0.717) is 0 Å². The minimum absolute atomic E-state index is 0.0260. The fraction of sp³-hybridized carbons (Fsp3) is 0.455. The fourth-order valence-electron chi connectivity index (χ4n) is 4.76. The first-order chi connectivity index (χ1) is 13.6. The molecule has 0 amide bonds. The number of benzene rings is 1. The molecule has 3 atom stereocenters. The summed E-state index contributed by atoms with van der Waals surface area (Å²) >= 11 is 0. The van der Waals surface area contributed by atoms with Crippen molar-refractivity contribution in [2.75, 3.05) is 13.6 Å². The van der Waals surface area contributed by atoms with Gasteiger partial charge in [-0.3, -0.25) is 9.30 Å². The van der Waals surface area contributed by atoms with Crippen LogP contribution in [0.25, 0.3) is 5.65 Å². The molecule has 6 nitrogen and oxygen atoms in total. The topological polar surface area (TPSA) is 68.7 Å². The van der Waals surface area contributed by atoms with E-state index in [1.54, 1.807) is 0 Å². The summed E-state index contributed by atoms with van der Waals surface area (Å²) in [7, 11) is 2.16. The molecule has 2 N–H and O–H groups in total. The van der Waals surface area contributed by atoms with Crippen molar-refractivity contribution >= 4 is 5.65 Å². The van der Waals surface area contributed by atoms with Crippen LogP contribution in [-0.4, -0.2) is 33.1 Å². The molecule has 1 aromatic carbocycles. The highest BCUT2D eigenvalue weighted by atomic mass is 16.5. The number of likely N-dealkylation sites (tertiary alicyclic amines) is 1. The molecule has 0 spiro atoms. The molecule has 2 aliphatic rings. The van der Waals surface area contributed by atoms with E-state index in [4.69, 9.17) is 10.5 Å². The van der Waals surface area contributed by atoms with Gasteiger partial charge in [0.2, 0.25) is 0 Å². The molecule has 0 radical (unpaired) electrons. The van der Waals surface area contributed by atoms with E-state index in [9.17, 15) is 0 Å². The molecule has 146 valence electrons. The SMILES string of the molecule is CN1CCCC1(C)c1nnc2ccc(O[C@@H]3CC[C@H](N)c4ccccc43)cn12. The molecule has 5 rings (SSSR count). The largest absolute Gasteiger partial charge is 0.484 e. The maximum absolute atomic E-state index is 6.44. The Morgan fingerprint density at radius 1 is 1.11 bits per heavy atom. The Balaban J connectivity index is 1.50. The van der Waals surface area contributed by atoms with Gasteiger partial charge in [-0.15, -0.1) is 10.2 Å². The van der Waals surface area contributed by atoms with Crippen LogP contribution in [0.3, 0.4) is 0 Å². The summed E-state index contributed by atoms with van der Waals surface area (Å²) in [5.41, 5.74) is 9.46. The zero-order chi connectivity index (χ0) is 19.3. The highest BCUT2D eigenvalue weighted by Gasteiger charge is 2.39. The van der Waals surface area contributed by atoms with Crippen molar-refractivity contribution in [1.82, 2.24) is 19.5 Å². The highest BCUT2D eigenvalue weighted by Crippen LogP contribution is 2.39. The molecule has 1 aliphatic carbocycles. The van der Waals surface area contributed by atoms with Gasteiger partial charge < -0.3 is 10.5 Å². The Morgan fingerprint density at radius 2 is 1.93 bits per heavy atom. The van der Waals surface area contributed by atoms with Crippen LogP contribution < -0.4 is 10.5 Å². The van der Waals surface area contributed by atoms with Gasteiger partial charge in [0.05, 0.1) is 11.7 Å². The number of pyridine rings is 1. The lowest BCUT2D eigenvalue weighted by Crippen LogP contribution is -2.37. The van der Waals surface area contributed by atoms with Gasteiger partial charge in [-0.25, -0.2) is 0 Å². The first-order valence-corrected chi connectivity index (χ1v) is 10.1. The van der Waals surface area contributed by atoms with Gasteiger partial charge in [0.25, 0.3) is 0 Å². The van der Waals surface area contributed by atoms with E-state index >= 15 is 0 Å². The van der Waals surface area contributed by atoms with E-state index in [0.717, 1.165) is 43.0 Å². The van der Waals surface area contributed by atoms with Crippen molar-refractivity contribution in [1.29, 1.82) is 0 Å². The third-order valence-electron chi connectivity index (χ3n) is 6.62. The number of nitrogens with zero attached hydrogens (tertiary/aromatic N) is 4. The molecule has 1 saturated heterocycles. The zero-order valence-corrected chi connectivity index (χ0v) is 16.5. The molecule has 0 saturated carbocycles. The van der Waals surface area contributed by atoms with E-state index in [1.807, 2.05) is 18.3 Å². The number of aromatic nitrogens is 3. The first-order valence-electron chi connectivity index (χ1n) is 10.1. The van der Waals surface area contributed by atoms with Crippen LogP contribution in [0.5, 0.6) is 5.75 Å². The smallest absolute Gasteiger partial charge is 0.161 e. The van der Waals surface area contributed by atoms with Crippen LogP contribution in [0, 0.1) is 0 Å². The molecule has 1 aliphatic heterocycles. The van der Waals surface area contributed by atoms with Crippen LogP contribution >= 0.6 is 0 Å². The summed E-state index contributed by atoms with van der Waals surface area (Å²) in [5.74, 6) is 1.83. The fourth-order valence-corrected chi connectivity index (χ4v) is 4.76. The standard InChI is InChI=1S/C22H27N5O/c1-22(12-5-13-26(22)2)21-25-24-20-11-8-15(14-27(20)21)28-19-10-9-18(23)16-6-3-4-7-17(16)19/h3-4,6-8,11,14,18-19H,5,9-10,12-13,23H2,1-2H3/t18-,19+,22?/m0/s1. The van der Waals surface area contributed by atoms with E-state index in [-0.39, 0.29) is 17.7 Å². The molecular weight excluding hydrogens is 350 g/mol. The van der Waals surface area contributed by atoms with E-state index in [2.05, 4.69) is 57.7 Å². The van der Waals surface area contributed by atoms with Crippen molar-refractivity contribution in [3.8, 4) is 5.75 Å². The third kappa shape index (κ3) is 2.71. The third-order valence-corrected chi connectivity index (χ3v) is 6.62. The lowest BCUT2D eigenvalue weighted by Gasteiger charge is -2.31. The monoisotopic (exact) mass is 377 g/mol. The van der Waals surface area contributed by atoms with Crippen molar-refractivity contribution < 1.29 is 4.74 Å². The molecule has 3 aromatic rings. The Bertz CT molecular complexity index is 1020. The molecule has 1 fully saturated rings. The molecule has 1 unspecified atom stereocenters. The number of hydrogen-bond acceptors (Lipinski definition) is 5. The number of rotatable bonds is 3. The molecular formula is C22H27N5O. The summed E-state index contributed by atoms with van der Waals surface area (Å²) in [5, 5.41) is 8.92. The second kappa shape index (κ2) is 6.57. The number of fused-ring (bicyclic) bond motifs is 2. The number of ether oxygens (including phenoxy) is 1. The van der Waals surface area contributed by atoms with Crippen LogP contribution in [0.2, 0.25) is 0 Å². The predicted molar refractivity (Wildman–Crippen MR) is 108 cm³/mol. The zero-order valence-electron chi connectivity index (χ0n) is 16.5. The summed E-state index contributed by atoms with van der Waals surface area (Å²) in [6.07, 6.45) is 6.19. The second-order valence-electron chi connectivity index (χ2n) is 8.33. The van der Waals surface area contributed by atoms with Crippen LogP contribution in [0.15, 0.2) is 42.6 Å². The first kappa shape index (κ1) is 17.6. The maximum atomic E-state index is 6.44. The quantitative estimate of drug-likeness (QED) is 0.755. The minimum Gasteiger partial charge on any atom is -0.484 e. The Hall–Kier alpha value is -2.44. The summed E-state index contributed by atoms with van der Waals surface area (Å²) in [6.45, 7) is 3.34. The van der Waals surface area contributed by atoms with Gasteiger partial charge in [-0.05, 0) is 69.5 Å². The van der Waals surface area contributed by atoms with Gasteiger partial charge in [-0.2, -0.15) is 0 Å². The summed E-state index contributed by atoms with van der Waals surface area (Å²) in [6, 6.07) is 12.4. The van der Waals surface area contributed by atoms with Crippen LogP contribution in [0.1, 0.15) is 61.7 Å². The van der Waals surface area contributed by atoms with Gasteiger partial charge in [0, 0.05) is 6.04 Å². The van der Waals surface area contributed by atoms with Gasteiger partial charge in [0.15, 0.2) is 11.5 Å². The molecule has 6 heteroatoms. The summed E-state index contributed by atoms with van der Waals surface area (Å²) < 4.78 is 8.53. The van der Waals surface area contributed by atoms with Gasteiger partial charge in [0.1, 0.15) is 11.9 Å². The van der Waals surface area contributed by atoms with Crippen molar-refractivity contribution in [2.45, 2.75) is 50.3 Å². The highest BCUT2D eigenvalue weighted by molar-refractivity contribution is 5.43. The Morgan fingerprint density at radius 3 is 2.71 bits per heavy atom. The van der Waals surface area contributed by atoms with E-state index in [1.165, 1.54) is 17.5 Å². The molecule has 2 aromatic heterocycles. The Labute approximate surface area is 165 Å². The second-order valence-corrected chi connectivity index (χ2v) is 8.33. The van der Waals surface area contributed by atoms with Crippen LogP contribution in [0.4, 0.5) is 0 Å². The predicted octanol–water partition coefficient (Wildman–Crippen LogP) is 3.58. The average molecular weight is 377 g/mol. The molecule has 28 heavy (non-hydrogen) atoms. The van der Waals surface area contributed by atoms with Crippen LogP contribution in [-0.2, 0) is 5.54 Å². The lowest BCUT2D eigenvalue weighted by molar-refractivity contribution is 0.174. The maximum Gasteiger partial charge on any atom is 0.161 e. The lowest BCUT2D eigenvalue weighted by atomic mass is 9.86. The molecule has 0 bridgehead atoms. The van der Waals surface area contributed by atoms with Gasteiger partial charge in [-0.1, -0.05) is 24.3 Å². The number of nitrogens with two attached hydrogens (primary N) is 1.